The van der Waals surface area contributed by atoms with Gasteiger partial charge in [0.05, 0.1) is 0 Å². The number of halogens is 3. The molecule has 118 valence electrons. The number of hydrogen-bond donors (Lipinski definition) is 1. The lowest BCUT2D eigenvalue weighted by Gasteiger charge is -2.34. The highest BCUT2D eigenvalue weighted by Gasteiger charge is 2.38. The van der Waals surface area contributed by atoms with Gasteiger partial charge in [-0.3, -0.25) is 0 Å². The lowest BCUT2D eigenvalue weighted by Crippen LogP contribution is -2.44. The van der Waals surface area contributed by atoms with Crippen LogP contribution < -0.4 is 5.73 Å². The zero-order chi connectivity index (χ0) is 15.6. The van der Waals surface area contributed by atoms with Crippen molar-refractivity contribution in [2.24, 2.45) is 11.7 Å². The number of ether oxygens (including phenoxy) is 1. The van der Waals surface area contributed by atoms with E-state index in [9.17, 15) is 18.0 Å². The number of carbonyl (C=O) groups excluding carboxylic acids is 1. The van der Waals surface area contributed by atoms with E-state index in [2.05, 4.69) is 0 Å². The number of alkyl halides is 3. The van der Waals surface area contributed by atoms with E-state index in [1.54, 1.807) is 25.7 Å². The fraction of sp³-hybridized carbons (Fsp3) is 0.923. The van der Waals surface area contributed by atoms with Crippen LogP contribution in [0.3, 0.4) is 0 Å². The number of piperidine rings is 1. The van der Waals surface area contributed by atoms with Crippen LogP contribution in [0.5, 0.6) is 0 Å². The van der Waals surface area contributed by atoms with Gasteiger partial charge in [0.25, 0.3) is 0 Å². The molecule has 0 aromatic heterocycles. The first-order valence-electron chi connectivity index (χ1n) is 6.79. The van der Waals surface area contributed by atoms with Crippen LogP contribution in [0, 0.1) is 5.92 Å². The van der Waals surface area contributed by atoms with Crippen molar-refractivity contribution in [3.8, 4) is 0 Å². The van der Waals surface area contributed by atoms with Gasteiger partial charge < -0.3 is 15.4 Å². The minimum Gasteiger partial charge on any atom is -0.444 e. The summed E-state index contributed by atoms with van der Waals surface area (Å²) in [5.74, 6) is -0.0923. The van der Waals surface area contributed by atoms with E-state index in [1.807, 2.05) is 0 Å². The molecule has 1 atom stereocenters. The lowest BCUT2D eigenvalue weighted by atomic mass is 9.90. The highest BCUT2D eigenvalue weighted by molar-refractivity contribution is 5.68. The SMILES string of the molecule is CC(C)(C)OC(=O)N1CCC(CC(N)C(F)(F)F)CC1. The fourth-order valence-corrected chi connectivity index (χ4v) is 2.17. The summed E-state index contributed by atoms with van der Waals surface area (Å²) in [5.41, 5.74) is 4.57. The summed E-state index contributed by atoms with van der Waals surface area (Å²) < 4.78 is 42.4. The van der Waals surface area contributed by atoms with Crippen LogP contribution in [0.25, 0.3) is 0 Å². The lowest BCUT2D eigenvalue weighted by molar-refractivity contribution is -0.152. The number of amides is 1. The van der Waals surface area contributed by atoms with Crippen LogP contribution in [0.15, 0.2) is 0 Å². The normalized spacial score (nSPS) is 19.9. The molecule has 1 fully saturated rings. The average Bonchev–Trinajstić information content (AvgIpc) is 2.26. The van der Waals surface area contributed by atoms with Crippen molar-refractivity contribution < 1.29 is 22.7 Å². The van der Waals surface area contributed by atoms with Gasteiger partial charge in [-0.25, -0.2) is 4.79 Å². The first kappa shape index (κ1) is 17.1. The summed E-state index contributed by atoms with van der Waals surface area (Å²) in [5, 5.41) is 0. The van der Waals surface area contributed by atoms with Gasteiger partial charge in [-0.2, -0.15) is 13.2 Å². The van der Waals surface area contributed by atoms with Crippen LogP contribution >= 0.6 is 0 Å². The third-order valence-corrected chi connectivity index (χ3v) is 3.27. The Morgan fingerprint density at radius 2 is 1.80 bits per heavy atom. The van der Waals surface area contributed by atoms with Crippen molar-refractivity contribution >= 4 is 6.09 Å². The van der Waals surface area contributed by atoms with Gasteiger partial charge >= 0.3 is 12.3 Å². The van der Waals surface area contributed by atoms with Gasteiger partial charge in [0.1, 0.15) is 11.6 Å². The second-order valence-electron chi connectivity index (χ2n) is 6.29. The van der Waals surface area contributed by atoms with E-state index >= 15 is 0 Å². The zero-order valence-electron chi connectivity index (χ0n) is 12.2. The van der Waals surface area contributed by atoms with E-state index in [1.165, 1.54) is 0 Å². The van der Waals surface area contributed by atoms with Gasteiger partial charge in [-0.15, -0.1) is 0 Å². The molecule has 1 saturated heterocycles. The Labute approximate surface area is 117 Å². The smallest absolute Gasteiger partial charge is 0.410 e. The van der Waals surface area contributed by atoms with Gasteiger partial charge in [0, 0.05) is 13.1 Å². The highest BCUT2D eigenvalue weighted by atomic mass is 19.4. The van der Waals surface area contributed by atoms with E-state index < -0.39 is 23.9 Å². The minimum atomic E-state index is -4.34. The Balaban J connectivity index is 2.39. The first-order valence-corrected chi connectivity index (χ1v) is 6.79. The molecule has 0 radical (unpaired) electrons. The minimum absolute atomic E-state index is 0.0777. The van der Waals surface area contributed by atoms with Crippen molar-refractivity contribution in [3.05, 3.63) is 0 Å². The van der Waals surface area contributed by atoms with Crippen molar-refractivity contribution in [3.63, 3.8) is 0 Å². The largest absolute Gasteiger partial charge is 0.444 e. The van der Waals surface area contributed by atoms with E-state index in [0.717, 1.165) is 0 Å². The number of likely N-dealkylation sites (tertiary alicyclic amines) is 1. The number of rotatable bonds is 2. The van der Waals surface area contributed by atoms with Crippen LogP contribution in [0.2, 0.25) is 0 Å². The number of hydrogen-bond acceptors (Lipinski definition) is 3. The molecule has 1 rings (SSSR count). The van der Waals surface area contributed by atoms with Crippen LogP contribution in [0.1, 0.15) is 40.0 Å². The number of nitrogens with two attached hydrogens (primary N) is 1. The molecule has 20 heavy (non-hydrogen) atoms. The Morgan fingerprint density at radius 1 is 1.30 bits per heavy atom. The summed E-state index contributed by atoms with van der Waals surface area (Å²) in [4.78, 5) is 13.3. The van der Waals surface area contributed by atoms with E-state index in [4.69, 9.17) is 10.5 Å². The van der Waals surface area contributed by atoms with E-state index in [0.29, 0.717) is 25.9 Å². The standard InChI is InChI=1S/C13H23F3N2O2/c1-12(2,3)20-11(19)18-6-4-9(5-7-18)8-10(17)13(14,15)16/h9-10H,4-8,17H2,1-3H3. The number of carbonyl (C=O) groups is 1. The maximum absolute atomic E-state index is 12.4. The van der Waals surface area contributed by atoms with Crippen molar-refractivity contribution in [2.45, 2.75) is 57.9 Å². The van der Waals surface area contributed by atoms with Crippen LogP contribution in [-0.2, 0) is 4.74 Å². The summed E-state index contributed by atoms with van der Waals surface area (Å²) in [6.07, 6.45) is -3.77. The molecule has 0 aromatic rings. The maximum atomic E-state index is 12.4. The Hall–Kier alpha value is -0.980. The molecule has 0 aliphatic carbocycles. The summed E-state index contributed by atoms with van der Waals surface area (Å²) in [6.45, 7) is 6.17. The van der Waals surface area contributed by atoms with Crippen molar-refractivity contribution in [2.75, 3.05) is 13.1 Å². The van der Waals surface area contributed by atoms with Gasteiger partial charge in [0.15, 0.2) is 0 Å². The van der Waals surface area contributed by atoms with Crippen molar-refractivity contribution in [1.82, 2.24) is 4.90 Å². The topological polar surface area (TPSA) is 55.6 Å². The Bertz CT molecular complexity index is 331. The molecule has 1 unspecified atom stereocenters. The van der Waals surface area contributed by atoms with E-state index in [-0.39, 0.29) is 12.3 Å². The molecule has 1 aliphatic heterocycles. The monoisotopic (exact) mass is 296 g/mol. The average molecular weight is 296 g/mol. The zero-order valence-corrected chi connectivity index (χ0v) is 12.2. The van der Waals surface area contributed by atoms with Crippen LogP contribution in [-0.4, -0.2) is 41.9 Å². The summed E-state index contributed by atoms with van der Waals surface area (Å²) in [7, 11) is 0. The molecule has 1 amide bonds. The van der Waals surface area contributed by atoms with Gasteiger partial charge in [-0.1, -0.05) is 0 Å². The second kappa shape index (κ2) is 6.20. The molecule has 0 spiro atoms. The van der Waals surface area contributed by atoms with Crippen molar-refractivity contribution in [1.29, 1.82) is 0 Å². The molecular formula is C13H23F3N2O2. The summed E-state index contributed by atoms with van der Waals surface area (Å²) >= 11 is 0. The maximum Gasteiger partial charge on any atom is 0.410 e. The molecule has 2 N–H and O–H groups in total. The molecule has 0 bridgehead atoms. The van der Waals surface area contributed by atoms with Crippen LogP contribution in [0.4, 0.5) is 18.0 Å². The quantitative estimate of drug-likeness (QED) is 0.852. The fourth-order valence-electron chi connectivity index (χ4n) is 2.17. The molecular weight excluding hydrogens is 273 g/mol. The molecule has 1 heterocycles. The predicted octanol–water partition coefficient (Wildman–Crippen LogP) is 2.91. The van der Waals surface area contributed by atoms with Gasteiger partial charge in [-0.05, 0) is 46.0 Å². The molecule has 1 aliphatic rings. The molecule has 7 heteroatoms. The Kier molecular flexibility index (Phi) is 5.29. The Morgan fingerprint density at radius 3 is 2.20 bits per heavy atom. The predicted molar refractivity (Wildman–Crippen MR) is 69.2 cm³/mol. The second-order valence-corrected chi connectivity index (χ2v) is 6.29. The third-order valence-electron chi connectivity index (χ3n) is 3.27. The van der Waals surface area contributed by atoms with Gasteiger partial charge in [0.2, 0.25) is 0 Å². The molecule has 4 nitrogen and oxygen atoms in total. The number of nitrogens with zero attached hydrogens (tertiary/aromatic N) is 1. The first-order chi connectivity index (χ1) is 8.99. The highest BCUT2D eigenvalue weighted by Crippen LogP contribution is 2.28. The molecule has 0 aromatic carbocycles. The molecule has 0 saturated carbocycles. The third kappa shape index (κ3) is 5.56. The summed E-state index contributed by atoms with van der Waals surface area (Å²) in [6, 6.07) is -1.78.